The van der Waals surface area contributed by atoms with Crippen molar-refractivity contribution in [2.45, 2.75) is 26.7 Å². The number of nitrogens with one attached hydrogen (secondary N) is 1. The van der Waals surface area contributed by atoms with Gasteiger partial charge in [-0.3, -0.25) is 14.5 Å². The van der Waals surface area contributed by atoms with Crippen molar-refractivity contribution in [3.8, 4) is 0 Å². The van der Waals surface area contributed by atoms with Crippen LogP contribution in [-0.2, 0) is 9.59 Å². The molecular weight excluding hydrogens is 180 g/mol. The highest BCUT2D eigenvalue weighted by molar-refractivity contribution is 6.00. The third-order valence-corrected chi connectivity index (χ3v) is 1.94. The summed E-state index contributed by atoms with van der Waals surface area (Å²) in [5.41, 5.74) is 0.852. The number of nitrogens with zero attached hydrogens (tertiary/aromatic N) is 1. The van der Waals surface area contributed by atoms with E-state index in [-0.39, 0.29) is 11.8 Å². The number of carbonyl (C=O) groups excluding carboxylic acids is 2. The standard InChI is InChI=1S/C10H18N2O2/c1-5-6-9(11-3)7-10(14)12(4)8(2)13/h7,11H,5-6H2,1-4H3/b9-7-. The fraction of sp³-hybridized carbons (Fsp3) is 0.600. The van der Waals surface area contributed by atoms with Gasteiger partial charge in [0.05, 0.1) is 0 Å². The molecule has 0 aliphatic rings. The summed E-state index contributed by atoms with van der Waals surface area (Å²) in [6, 6.07) is 0. The highest BCUT2D eigenvalue weighted by Gasteiger charge is 2.10. The van der Waals surface area contributed by atoms with Gasteiger partial charge in [0.2, 0.25) is 5.91 Å². The van der Waals surface area contributed by atoms with Crippen molar-refractivity contribution >= 4 is 11.8 Å². The van der Waals surface area contributed by atoms with E-state index in [2.05, 4.69) is 5.32 Å². The summed E-state index contributed by atoms with van der Waals surface area (Å²) in [7, 11) is 3.24. The zero-order valence-corrected chi connectivity index (χ0v) is 9.26. The molecule has 0 bridgehead atoms. The molecule has 0 aromatic rings. The number of rotatable bonds is 4. The Hall–Kier alpha value is -1.32. The molecule has 4 nitrogen and oxygen atoms in total. The monoisotopic (exact) mass is 198 g/mol. The first kappa shape index (κ1) is 12.7. The van der Waals surface area contributed by atoms with Crippen LogP contribution in [0.5, 0.6) is 0 Å². The number of allylic oxidation sites excluding steroid dienone is 1. The van der Waals surface area contributed by atoms with Gasteiger partial charge in [0.1, 0.15) is 0 Å². The molecule has 0 heterocycles. The number of amides is 2. The van der Waals surface area contributed by atoms with Gasteiger partial charge in [0.25, 0.3) is 5.91 Å². The summed E-state index contributed by atoms with van der Waals surface area (Å²) in [6.45, 7) is 3.40. The molecule has 0 fully saturated rings. The molecule has 0 radical (unpaired) electrons. The molecule has 0 aliphatic carbocycles. The van der Waals surface area contributed by atoms with Crippen molar-refractivity contribution in [3.05, 3.63) is 11.8 Å². The van der Waals surface area contributed by atoms with E-state index in [9.17, 15) is 9.59 Å². The van der Waals surface area contributed by atoms with Crippen molar-refractivity contribution in [2.24, 2.45) is 0 Å². The van der Waals surface area contributed by atoms with E-state index in [0.717, 1.165) is 23.4 Å². The average molecular weight is 198 g/mol. The fourth-order valence-electron chi connectivity index (χ4n) is 0.940. The van der Waals surface area contributed by atoms with Gasteiger partial charge in [0, 0.05) is 32.8 Å². The Balaban J connectivity index is 4.45. The van der Waals surface area contributed by atoms with Gasteiger partial charge in [-0.2, -0.15) is 0 Å². The minimum atomic E-state index is -0.282. The van der Waals surface area contributed by atoms with Crippen LogP contribution in [0.15, 0.2) is 11.8 Å². The molecule has 0 aliphatic heterocycles. The number of carbonyl (C=O) groups is 2. The van der Waals surface area contributed by atoms with Crippen LogP contribution in [0.2, 0.25) is 0 Å². The number of hydrogen-bond donors (Lipinski definition) is 1. The van der Waals surface area contributed by atoms with Crippen LogP contribution in [-0.4, -0.2) is 30.8 Å². The Kier molecular flexibility index (Phi) is 5.60. The highest BCUT2D eigenvalue weighted by atomic mass is 16.2. The number of likely N-dealkylation sites (N-methyl/N-ethyl adjacent to an activating group) is 1. The van der Waals surface area contributed by atoms with Gasteiger partial charge in [-0.1, -0.05) is 13.3 Å². The van der Waals surface area contributed by atoms with Gasteiger partial charge in [-0.05, 0) is 6.42 Å². The van der Waals surface area contributed by atoms with E-state index in [4.69, 9.17) is 0 Å². The molecule has 80 valence electrons. The predicted molar refractivity (Wildman–Crippen MR) is 55.5 cm³/mol. The lowest BCUT2D eigenvalue weighted by Gasteiger charge is -2.11. The van der Waals surface area contributed by atoms with E-state index in [1.165, 1.54) is 20.0 Å². The Morgan fingerprint density at radius 1 is 1.43 bits per heavy atom. The number of imide groups is 1. The van der Waals surface area contributed by atoms with E-state index >= 15 is 0 Å². The lowest BCUT2D eigenvalue weighted by atomic mass is 10.2. The summed E-state index contributed by atoms with van der Waals surface area (Å²) < 4.78 is 0. The fourth-order valence-corrected chi connectivity index (χ4v) is 0.940. The lowest BCUT2D eigenvalue weighted by molar-refractivity contribution is -0.138. The van der Waals surface area contributed by atoms with Crippen LogP contribution in [0.1, 0.15) is 26.7 Å². The van der Waals surface area contributed by atoms with Gasteiger partial charge < -0.3 is 5.32 Å². The zero-order chi connectivity index (χ0) is 11.1. The van der Waals surface area contributed by atoms with Gasteiger partial charge in [0.15, 0.2) is 0 Å². The van der Waals surface area contributed by atoms with E-state index in [1.54, 1.807) is 7.05 Å². The summed E-state index contributed by atoms with van der Waals surface area (Å²) in [5.74, 6) is -0.534. The van der Waals surface area contributed by atoms with Crippen molar-refractivity contribution < 1.29 is 9.59 Å². The molecule has 0 atom stereocenters. The molecule has 4 heteroatoms. The largest absolute Gasteiger partial charge is 0.391 e. The van der Waals surface area contributed by atoms with Crippen LogP contribution in [0.25, 0.3) is 0 Å². The van der Waals surface area contributed by atoms with Crippen molar-refractivity contribution in [2.75, 3.05) is 14.1 Å². The topological polar surface area (TPSA) is 49.4 Å². The number of hydrogen-bond acceptors (Lipinski definition) is 3. The second kappa shape index (κ2) is 6.18. The van der Waals surface area contributed by atoms with Crippen LogP contribution < -0.4 is 5.32 Å². The smallest absolute Gasteiger partial charge is 0.254 e. The van der Waals surface area contributed by atoms with E-state index in [1.807, 2.05) is 6.92 Å². The zero-order valence-electron chi connectivity index (χ0n) is 9.26. The summed E-state index contributed by atoms with van der Waals surface area (Å²) in [5, 5.41) is 2.93. The summed E-state index contributed by atoms with van der Waals surface area (Å²) in [6.07, 6.45) is 3.24. The predicted octanol–water partition coefficient (Wildman–Crippen LogP) is 0.895. The van der Waals surface area contributed by atoms with Gasteiger partial charge in [-0.25, -0.2) is 0 Å². The van der Waals surface area contributed by atoms with E-state index < -0.39 is 0 Å². The first-order valence-electron chi connectivity index (χ1n) is 4.69. The molecule has 0 spiro atoms. The molecule has 2 amide bonds. The summed E-state index contributed by atoms with van der Waals surface area (Å²) in [4.78, 5) is 23.4. The molecule has 0 rings (SSSR count). The Morgan fingerprint density at radius 3 is 2.36 bits per heavy atom. The molecule has 0 saturated carbocycles. The van der Waals surface area contributed by atoms with Crippen LogP contribution in [0.3, 0.4) is 0 Å². The molecule has 0 saturated heterocycles. The maximum atomic E-state index is 11.4. The van der Waals surface area contributed by atoms with Crippen molar-refractivity contribution in [1.29, 1.82) is 0 Å². The second-order valence-corrected chi connectivity index (χ2v) is 3.09. The van der Waals surface area contributed by atoms with Crippen molar-refractivity contribution in [1.82, 2.24) is 10.2 Å². The van der Waals surface area contributed by atoms with Crippen molar-refractivity contribution in [3.63, 3.8) is 0 Å². The van der Waals surface area contributed by atoms with Crippen LogP contribution >= 0.6 is 0 Å². The molecule has 0 aromatic heterocycles. The third kappa shape index (κ3) is 4.07. The molecule has 0 unspecified atom stereocenters. The quantitative estimate of drug-likeness (QED) is 0.683. The molecular formula is C10H18N2O2. The molecule has 14 heavy (non-hydrogen) atoms. The molecule has 1 N–H and O–H groups in total. The van der Waals surface area contributed by atoms with Crippen LogP contribution in [0, 0.1) is 0 Å². The molecule has 0 aromatic carbocycles. The Bertz CT molecular complexity index is 247. The lowest BCUT2D eigenvalue weighted by Crippen LogP contribution is -2.30. The summed E-state index contributed by atoms with van der Waals surface area (Å²) >= 11 is 0. The SMILES string of the molecule is CCC/C(=C/C(=O)N(C)C(C)=O)NC. The highest BCUT2D eigenvalue weighted by Crippen LogP contribution is 2.01. The normalized spacial score (nSPS) is 11.0. The maximum absolute atomic E-state index is 11.4. The first-order chi connectivity index (χ1) is 6.52. The van der Waals surface area contributed by atoms with Crippen LogP contribution in [0.4, 0.5) is 0 Å². The van der Waals surface area contributed by atoms with Gasteiger partial charge >= 0.3 is 0 Å². The average Bonchev–Trinajstić information content (AvgIpc) is 2.15. The Labute approximate surface area is 85.0 Å². The Morgan fingerprint density at radius 2 is 2.00 bits per heavy atom. The second-order valence-electron chi connectivity index (χ2n) is 3.09. The van der Waals surface area contributed by atoms with Gasteiger partial charge in [-0.15, -0.1) is 0 Å². The minimum absolute atomic E-state index is 0.252. The maximum Gasteiger partial charge on any atom is 0.254 e. The minimum Gasteiger partial charge on any atom is -0.391 e. The van der Waals surface area contributed by atoms with E-state index in [0.29, 0.717) is 0 Å². The third-order valence-electron chi connectivity index (χ3n) is 1.94. The first-order valence-corrected chi connectivity index (χ1v) is 4.69.